The van der Waals surface area contributed by atoms with Gasteiger partial charge in [0.2, 0.25) is 0 Å². The van der Waals surface area contributed by atoms with Crippen molar-refractivity contribution in [1.29, 1.82) is 0 Å². The average molecular weight is 306 g/mol. The Morgan fingerprint density at radius 2 is 1.59 bits per heavy atom. The van der Waals surface area contributed by atoms with Gasteiger partial charge in [0, 0.05) is 0 Å². The summed E-state index contributed by atoms with van der Waals surface area (Å²) in [5.74, 6) is 3.61. The maximum Gasteiger partial charge on any atom is 0.0596 e. The predicted molar refractivity (Wildman–Crippen MR) is 88.3 cm³/mol. The molecule has 0 radical (unpaired) electrons. The summed E-state index contributed by atoms with van der Waals surface area (Å²) in [6.07, 6.45) is 9.58. The van der Waals surface area contributed by atoms with Crippen LogP contribution in [-0.2, 0) is 0 Å². The number of hydrogen-bond donors (Lipinski definition) is 2. The maximum atomic E-state index is 10.5. The third-order valence-corrected chi connectivity index (χ3v) is 8.96. The molecule has 0 heterocycles. The summed E-state index contributed by atoms with van der Waals surface area (Å²) in [4.78, 5) is 0. The molecule has 4 fully saturated rings. The number of hydrogen-bond acceptors (Lipinski definition) is 2. The molecule has 126 valence electrons. The molecule has 22 heavy (non-hydrogen) atoms. The predicted octanol–water partition coefficient (Wildman–Crippen LogP) is 4.00. The number of aliphatic hydroxyl groups excluding tert-OH is 2. The summed E-state index contributed by atoms with van der Waals surface area (Å²) in [7, 11) is 0. The average Bonchev–Trinajstić information content (AvgIpc) is 2.77. The largest absolute Gasteiger partial charge is 0.393 e. The summed E-state index contributed by atoms with van der Waals surface area (Å²) in [5, 5.41) is 20.8. The van der Waals surface area contributed by atoms with Gasteiger partial charge in [-0.3, -0.25) is 0 Å². The van der Waals surface area contributed by atoms with Gasteiger partial charge in [-0.2, -0.15) is 0 Å². The van der Waals surface area contributed by atoms with Crippen molar-refractivity contribution in [3.63, 3.8) is 0 Å². The fourth-order valence-corrected chi connectivity index (χ4v) is 7.57. The lowest BCUT2D eigenvalue weighted by molar-refractivity contribution is -0.145. The van der Waals surface area contributed by atoms with Crippen molar-refractivity contribution in [3.8, 4) is 0 Å². The molecule has 2 N–H and O–H groups in total. The minimum absolute atomic E-state index is 0.0592. The van der Waals surface area contributed by atoms with E-state index in [0.717, 1.165) is 36.5 Å². The fourth-order valence-electron chi connectivity index (χ4n) is 7.57. The summed E-state index contributed by atoms with van der Waals surface area (Å²) in [6, 6.07) is 0. The second-order valence-corrected chi connectivity index (χ2v) is 9.78. The van der Waals surface area contributed by atoms with Crippen LogP contribution in [0.3, 0.4) is 0 Å². The van der Waals surface area contributed by atoms with E-state index in [1.54, 1.807) is 0 Å². The van der Waals surface area contributed by atoms with Gasteiger partial charge in [-0.15, -0.1) is 0 Å². The van der Waals surface area contributed by atoms with E-state index in [2.05, 4.69) is 20.8 Å². The highest BCUT2D eigenvalue weighted by Crippen LogP contribution is 2.66. The Morgan fingerprint density at radius 3 is 2.36 bits per heavy atom. The molecule has 0 saturated heterocycles. The topological polar surface area (TPSA) is 40.5 Å². The van der Waals surface area contributed by atoms with Gasteiger partial charge in [0.15, 0.2) is 0 Å². The molecule has 9 atom stereocenters. The molecule has 2 heteroatoms. The van der Waals surface area contributed by atoms with E-state index in [1.165, 1.54) is 38.5 Å². The Hall–Kier alpha value is -0.0800. The van der Waals surface area contributed by atoms with Crippen molar-refractivity contribution in [2.45, 2.75) is 84.3 Å². The molecular weight excluding hydrogens is 272 g/mol. The molecule has 0 spiro atoms. The summed E-state index contributed by atoms with van der Waals surface area (Å²) >= 11 is 0. The van der Waals surface area contributed by atoms with Crippen LogP contribution in [0.4, 0.5) is 0 Å². The van der Waals surface area contributed by atoms with Gasteiger partial charge in [-0.25, -0.2) is 0 Å². The van der Waals surface area contributed by atoms with Crippen LogP contribution in [0, 0.1) is 40.4 Å². The van der Waals surface area contributed by atoms with Gasteiger partial charge in [-0.05, 0) is 91.8 Å². The molecule has 0 amide bonds. The van der Waals surface area contributed by atoms with E-state index in [4.69, 9.17) is 0 Å². The van der Waals surface area contributed by atoms with Gasteiger partial charge in [-0.1, -0.05) is 20.8 Å². The van der Waals surface area contributed by atoms with Gasteiger partial charge >= 0.3 is 0 Å². The minimum atomic E-state index is -0.0724. The first-order valence-electron chi connectivity index (χ1n) is 9.72. The van der Waals surface area contributed by atoms with E-state index >= 15 is 0 Å². The molecular formula is C20H34O2. The van der Waals surface area contributed by atoms with Gasteiger partial charge < -0.3 is 10.2 Å². The lowest BCUT2D eigenvalue weighted by atomic mass is 9.44. The number of aliphatic hydroxyl groups is 2. The zero-order valence-electron chi connectivity index (χ0n) is 14.6. The Labute approximate surface area is 135 Å². The molecule has 4 aliphatic rings. The monoisotopic (exact) mass is 306 g/mol. The van der Waals surface area contributed by atoms with Crippen molar-refractivity contribution in [3.05, 3.63) is 0 Å². The van der Waals surface area contributed by atoms with Crippen LogP contribution in [-0.4, -0.2) is 22.4 Å². The highest BCUT2D eigenvalue weighted by atomic mass is 16.3. The highest BCUT2D eigenvalue weighted by molar-refractivity contribution is 5.09. The molecule has 0 aromatic heterocycles. The van der Waals surface area contributed by atoms with Gasteiger partial charge in [0.25, 0.3) is 0 Å². The van der Waals surface area contributed by atoms with Crippen molar-refractivity contribution < 1.29 is 10.2 Å². The third-order valence-electron chi connectivity index (χ3n) is 8.96. The van der Waals surface area contributed by atoms with Crippen LogP contribution in [0.25, 0.3) is 0 Å². The zero-order chi connectivity index (χ0) is 15.7. The first-order chi connectivity index (χ1) is 10.4. The number of rotatable bonds is 0. The van der Waals surface area contributed by atoms with Crippen molar-refractivity contribution in [2.24, 2.45) is 40.4 Å². The number of fused-ring (bicyclic) bond motifs is 5. The third kappa shape index (κ3) is 1.92. The normalized spacial score (nSPS) is 61.2. The van der Waals surface area contributed by atoms with Crippen LogP contribution >= 0.6 is 0 Å². The molecule has 0 bridgehead atoms. The van der Waals surface area contributed by atoms with Crippen LogP contribution in [0.5, 0.6) is 0 Å². The minimum Gasteiger partial charge on any atom is -0.393 e. The second-order valence-electron chi connectivity index (χ2n) is 9.78. The highest BCUT2D eigenvalue weighted by Gasteiger charge is 2.60. The molecule has 4 saturated carbocycles. The standard InChI is InChI=1S/C20H34O2/c1-12-11-20(3)13(10-17(12)21)4-5-14-15-6-7-18(22)19(15,2)9-8-16(14)20/h12-18,21-22H,4-11H2,1-3H3/t12-,13+,14+,15+,16+,17-,18+,19+,20+/m1/s1. The van der Waals surface area contributed by atoms with Crippen LogP contribution < -0.4 is 0 Å². The smallest absolute Gasteiger partial charge is 0.0596 e. The first kappa shape index (κ1) is 15.4. The van der Waals surface area contributed by atoms with Gasteiger partial charge in [0.1, 0.15) is 0 Å². The van der Waals surface area contributed by atoms with E-state index in [1.807, 2.05) is 0 Å². The Morgan fingerprint density at radius 1 is 0.864 bits per heavy atom. The Bertz CT molecular complexity index is 449. The first-order valence-corrected chi connectivity index (χ1v) is 9.72. The molecule has 4 aliphatic carbocycles. The quantitative estimate of drug-likeness (QED) is 0.710. The summed E-state index contributed by atoms with van der Waals surface area (Å²) in [6.45, 7) is 7.17. The van der Waals surface area contributed by atoms with E-state index in [-0.39, 0.29) is 17.6 Å². The lowest BCUT2D eigenvalue weighted by Crippen LogP contribution is -2.55. The SMILES string of the molecule is C[C@@H]1C[C@@]2(C)[C@@H](CC[C@@H]3[C@@H]2CC[C@]2(C)[C@@H](O)CC[C@@H]32)C[C@H]1O. The molecule has 2 nitrogen and oxygen atoms in total. The van der Waals surface area contributed by atoms with Crippen LogP contribution in [0.2, 0.25) is 0 Å². The molecule has 0 aromatic rings. The molecule has 0 aliphatic heterocycles. The van der Waals surface area contributed by atoms with E-state index in [9.17, 15) is 10.2 Å². The second kappa shape index (κ2) is 4.96. The maximum absolute atomic E-state index is 10.5. The van der Waals surface area contributed by atoms with Crippen molar-refractivity contribution in [1.82, 2.24) is 0 Å². The molecule has 0 aromatic carbocycles. The van der Waals surface area contributed by atoms with E-state index < -0.39 is 0 Å². The van der Waals surface area contributed by atoms with Crippen molar-refractivity contribution >= 4 is 0 Å². The van der Waals surface area contributed by atoms with Crippen LogP contribution in [0.1, 0.15) is 72.1 Å². The summed E-state index contributed by atoms with van der Waals surface area (Å²) < 4.78 is 0. The summed E-state index contributed by atoms with van der Waals surface area (Å²) in [5.41, 5.74) is 0.639. The molecule has 0 unspecified atom stereocenters. The molecule has 4 rings (SSSR count). The Balaban J connectivity index is 1.63. The lowest BCUT2D eigenvalue weighted by Gasteiger charge is -2.61. The van der Waals surface area contributed by atoms with E-state index in [0.29, 0.717) is 11.3 Å². The van der Waals surface area contributed by atoms with Crippen LogP contribution in [0.15, 0.2) is 0 Å². The van der Waals surface area contributed by atoms with Crippen molar-refractivity contribution in [2.75, 3.05) is 0 Å². The zero-order valence-corrected chi connectivity index (χ0v) is 14.6. The Kier molecular flexibility index (Phi) is 3.48. The fraction of sp³-hybridized carbons (Fsp3) is 1.00. The van der Waals surface area contributed by atoms with Gasteiger partial charge in [0.05, 0.1) is 12.2 Å².